The summed E-state index contributed by atoms with van der Waals surface area (Å²) in [6.07, 6.45) is -22.7. The molecule has 22 heteroatoms. The van der Waals surface area contributed by atoms with Crippen LogP contribution in [0.4, 0.5) is 0 Å². The monoisotopic (exact) mass is 666 g/mol. The first-order valence-corrected chi connectivity index (χ1v) is 14.6. The molecule has 0 radical (unpaired) electrons. The Hall–Kier alpha value is -1.71. The predicted octanol–water partition coefficient (Wildman–Crippen LogP) is -7.46. The van der Waals surface area contributed by atoms with Crippen molar-refractivity contribution in [1.29, 1.82) is 0 Å². The molecule has 2 amide bonds. The fourth-order valence-electron chi connectivity index (χ4n) is 4.90. The van der Waals surface area contributed by atoms with E-state index in [1.807, 2.05) is 0 Å². The van der Waals surface area contributed by atoms with Crippen molar-refractivity contribution in [2.75, 3.05) is 19.8 Å². The van der Waals surface area contributed by atoms with Crippen LogP contribution in [0.2, 0.25) is 0 Å². The van der Waals surface area contributed by atoms with Crippen LogP contribution in [0.15, 0.2) is 0 Å². The molecule has 0 aliphatic carbocycles. The van der Waals surface area contributed by atoms with Crippen molar-refractivity contribution in [2.24, 2.45) is 0 Å². The summed E-state index contributed by atoms with van der Waals surface area (Å²) >= 11 is 0. The number of rotatable bonds is 11. The first kappa shape index (κ1) is 36.8. The Labute approximate surface area is 250 Å². The third-order valence-electron chi connectivity index (χ3n) is 7.08. The lowest BCUT2D eigenvalue weighted by atomic mass is 9.95. The highest BCUT2D eigenvalue weighted by molar-refractivity contribution is 7.80. The van der Waals surface area contributed by atoms with Gasteiger partial charge in [0, 0.05) is 13.8 Å². The number of nitrogens with one attached hydrogen (secondary N) is 2. The highest BCUT2D eigenvalue weighted by atomic mass is 32.3. The van der Waals surface area contributed by atoms with Crippen molar-refractivity contribution < 1.29 is 91.3 Å². The molecule has 0 aromatic heterocycles. The Morgan fingerprint density at radius 2 is 1.25 bits per heavy atom. The largest absolute Gasteiger partial charge is 0.397 e. The number of ether oxygens (including phenoxy) is 5. The lowest BCUT2D eigenvalue weighted by Gasteiger charge is -2.47. The van der Waals surface area contributed by atoms with E-state index in [9.17, 15) is 58.9 Å². The molecular formula is C22H38N2O19S. The number of carbonyl (C=O) groups is 2. The molecule has 3 heterocycles. The van der Waals surface area contributed by atoms with E-state index in [0.717, 1.165) is 13.8 Å². The van der Waals surface area contributed by atoms with Crippen LogP contribution in [0.3, 0.4) is 0 Å². The number of hydrogen-bond acceptors (Lipinski definition) is 18. The van der Waals surface area contributed by atoms with Crippen LogP contribution in [0.25, 0.3) is 0 Å². The van der Waals surface area contributed by atoms with Gasteiger partial charge >= 0.3 is 10.4 Å². The van der Waals surface area contributed by atoms with E-state index in [1.54, 1.807) is 0 Å². The molecule has 0 spiro atoms. The van der Waals surface area contributed by atoms with Crippen LogP contribution in [0.1, 0.15) is 13.8 Å². The van der Waals surface area contributed by atoms with Crippen molar-refractivity contribution in [3.05, 3.63) is 0 Å². The van der Waals surface area contributed by atoms with Gasteiger partial charge in [-0.25, -0.2) is 4.18 Å². The molecule has 0 bridgehead atoms. The average Bonchev–Trinajstić information content (AvgIpc) is 2.93. The minimum absolute atomic E-state index is 0.707. The van der Waals surface area contributed by atoms with Gasteiger partial charge in [-0.2, -0.15) is 8.42 Å². The lowest BCUT2D eigenvalue weighted by Crippen LogP contribution is -2.68. The third kappa shape index (κ3) is 8.97. The molecule has 3 saturated heterocycles. The Bertz CT molecular complexity index is 1080. The summed E-state index contributed by atoms with van der Waals surface area (Å²) in [5.74, 6) is -1.41. The molecule has 3 fully saturated rings. The van der Waals surface area contributed by atoms with Gasteiger partial charge in [-0.05, 0) is 0 Å². The molecule has 0 aromatic carbocycles. The maximum atomic E-state index is 11.8. The van der Waals surface area contributed by atoms with Crippen molar-refractivity contribution in [1.82, 2.24) is 10.6 Å². The Morgan fingerprint density at radius 3 is 1.82 bits per heavy atom. The molecule has 15 atom stereocenters. The maximum absolute atomic E-state index is 11.8. The van der Waals surface area contributed by atoms with Crippen LogP contribution >= 0.6 is 0 Å². The van der Waals surface area contributed by atoms with E-state index in [1.165, 1.54) is 0 Å². The van der Waals surface area contributed by atoms with E-state index >= 15 is 0 Å². The minimum atomic E-state index is -4.98. The fourth-order valence-corrected chi connectivity index (χ4v) is 5.20. The predicted molar refractivity (Wildman–Crippen MR) is 135 cm³/mol. The molecule has 11 N–H and O–H groups in total. The summed E-state index contributed by atoms with van der Waals surface area (Å²) in [6.45, 7) is -0.378. The number of amides is 2. The second kappa shape index (κ2) is 15.3. The van der Waals surface area contributed by atoms with Gasteiger partial charge in [-0.15, -0.1) is 0 Å². The van der Waals surface area contributed by atoms with Crippen LogP contribution in [-0.2, 0) is 47.9 Å². The third-order valence-corrected chi connectivity index (χ3v) is 7.51. The first-order chi connectivity index (χ1) is 20.4. The summed E-state index contributed by atoms with van der Waals surface area (Å²) in [4.78, 5) is 23.6. The summed E-state index contributed by atoms with van der Waals surface area (Å²) in [5, 5.41) is 87.3. The molecule has 0 unspecified atom stereocenters. The molecule has 3 rings (SSSR count). The van der Waals surface area contributed by atoms with E-state index in [2.05, 4.69) is 14.8 Å². The normalized spacial score (nSPS) is 43.3. The number of aliphatic hydroxyl groups excluding tert-OH is 8. The van der Waals surface area contributed by atoms with E-state index < -0.39 is 134 Å². The smallest absolute Gasteiger partial charge is 0.394 e. The molecule has 0 saturated carbocycles. The lowest BCUT2D eigenvalue weighted by molar-refractivity contribution is -0.345. The molecule has 3 aliphatic heterocycles. The van der Waals surface area contributed by atoms with Crippen LogP contribution in [0.5, 0.6) is 0 Å². The average molecular weight is 667 g/mol. The highest BCUT2D eigenvalue weighted by Gasteiger charge is 2.52. The Kier molecular flexibility index (Phi) is 12.7. The number of hydrogen-bond donors (Lipinski definition) is 11. The van der Waals surface area contributed by atoms with Gasteiger partial charge in [0.2, 0.25) is 11.8 Å². The zero-order valence-corrected chi connectivity index (χ0v) is 24.1. The topological polar surface area (TPSA) is 330 Å². The molecule has 21 nitrogen and oxygen atoms in total. The quantitative estimate of drug-likeness (QED) is 0.0912. The summed E-state index contributed by atoms with van der Waals surface area (Å²) in [5.41, 5.74) is 0. The Balaban J connectivity index is 1.80. The van der Waals surface area contributed by atoms with Crippen molar-refractivity contribution in [3.63, 3.8) is 0 Å². The second-order valence-corrected chi connectivity index (χ2v) is 11.5. The van der Waals surface area contributed by atoms with E-state index in [0.29, 0.717) is 0 Å². The standard InChI is InChI=1S/C22H38N2O19S/c1-6(26)23-11-16(31)14(29)10(5-39-44(35,36)37)42-21(11)38-4-9-15(30)19(12(20(34)40-9)24-7(2)27)43-22-18(33)17(32)13(28)8(3-25)41-22/h8-22,25,28-34H,3-5H2,1-2H3,(H,23,26)(H,24,27)(H,35,36,37)/t8-,9-,10-,11-,12-,13+,14-,15+,16-,17+,18-,19-,20-,21-,22+/m1/s1. The summed E-state index contributed by atoms with van der Waals surface area (Å²) < 4.78 is 62.3. The fraction of sp³-hybridized carbons (Fsp3) is 0.909. The van der Waals surface area contributed by atoms with Gasteiger partial charge < -0.3 is 75.2 Å². The van der Waals surface area contributed by atoms with Gasteiger partial charge in [0.1, 0.15) is 73.1 Å². The molecule has 3 aliphatic rings. The summed E-state index contributed by atoms with van der Waals surface area (Å²) in [6, 6.07) is -2.99. The van der Waals surface area contributed by atoms with Crippen molar-refractivity contribution in [2.45, 2.75) is 106 Å². The van der Waals surface area contributed by atoms with Crippen LogP contribution < -0.4 is 10.6 Å². The van der Waals surface area contributed by atoms with Gasteiger partial charge in [0.05, 0.1) is 19.8 Å². The van der Waals surface area contributed by atoms with Crippen LogP contribution in [0, 0.1) is 0 Å². The van der Waals surface area contributed by atoms with Crippen LogP contribution in [-0.4, -0.2) is 177 Å². The van der Waals surface area contributed by atoms with Gasteiger partial charge in [-0.3, -0.25) is 14.1 Å². The molecule has 0 aromatic rings. The first-order valence-electron chi connectivity index (χ1n) is 13.2. The Morgan fingerprint density at radius 1 is 0.705 bits per heavy atom. The zero-order chi connectivity index (χ0) is 33.1. The van der Waals surface area contributed by atoms with Gasteiger partial charge in [0.25, 0.3) is 0 Å². The van der Waals surface area contributed by atoms with Crippen molar-refractivity contribution >= 4 is 22.2 Å². The number of aliphatic hydroxyl groups is 8. The van der Waals surface area contributed by atoms with E-state index in [4.69, 9.17) is 28.2 Å². The highest BCUT2D eigenvalue weighted by Crippen LogP contribution is 2.30. The minimum Gasteiger partial charge on any atom is -0.394 e. The molecule has 256 valence electrons. The van der Waals surface area contributed by atoms with Crippen molar-refractivity contribution in [3.8, 4) is 0 Å². The summed E-state index contributed by atoms with van der Waals surface area (Å²) in [7, 11) is -4.98. The molecular weight excluding hydrogens is 628 g/mol. The SMILES string of the molecule is CC(=O)N[C@@H]1[C@@H](O[C@@H]2O[C@H](CO)[C@H](O)[C@H](O)[C@H]2O)[C@@H](O)[C@@H](CO[C@@H]2O[C@H](COS(=O)(=O)O)[C@@H](O)[C@H](O)[C@H]2NC(C)=O)O[C@H]1O. The zero-order valence-electron chi connectivity index (χ0n) is 23.3. The number of carbonyl (C=O) groups excluding carboxylic acids is 2. The molecule has 44 heavy (non-hydrogen) atoms. The maximum Gasteiger partial charge on any atom is 0.397 e. The second-order valence-electron chi connectivity index (χ2n) is 10.4. The van der Waals surface area contributed by atoms with Gasteiger partial charge in [-0.1, -0.05) is 0 Å². The van der Waals surface area contributed by atoms with Gasteiger partial charge in [0.15, 0.2) is 18.9 Å². The van der Waals surface area contributed by atoms with E-state index in [-0.39, 0.29) is 0 Å².